The highest BCUT2D eigenvalue weighted by Gasteiger charge is 2.14. The molecule has 8 heteroatoms. The average Bonchev–Trinajstić information content (AvgIpc) is 3.45. The molecule has 0 bridgehead atoms. The van der Waals surface area contributed by atoms with Gasteiger partial charge in [-0.3, -0.25) is 0 Å². The first-order chi connectivity index (χ1) is 16.1. The summed E-state index contributed by atoms with van der Waals surface area (Å²) in [5, 5.41) is 8.66. The van der Waals surface area contributed by atoms with E-state index in [0.29, 0.717) is 13.0 Å². The number of imidazole rings is 1. The number of nitrogens with zero attached hydrogens (tertiary/aromatic N) is 6. The van der Waals surface area contributed by atoms with Crippen molar-refractivity contribution in [2.24, 2.45) is 0 Å². The highest BCUT2D eigenvalue weighted by molar-refractivity contribution is 5.86. The van der Waals surface area contributed by atoms with Gasteiger partial charge in [0.2, 0.25) is 0 Å². The first-order valence-electron chi connectivity index (χ1n) is 10.8. The van der Waals surface area contributed by atoms with E-state index in [1.54, 1.807) is 13.4 Å². The summed E-state index contributed by atoms with van der Waals surface area (Å²) >= 11 is 0. The van der Waals surface area contributed by atoms with Crippen LogP contribution in [0.4, 0.5) is 5.82 Å². The van der Waals surface area contributed by atoms with Crippen LogP contribution in [0.2, 0.25) is 0 Å². The Bertz CT molecular complexity index is 1410. The average molecular weight is 440 g/mol. The van der Waals surface area contributed by atoms with E-state index in [-0.39, 0.29) is 0 Å². The summed E-state index contributed by atoms with van der Waals surface area (Å²) in [6.45, 7) is 2.61. The molecule has 0 spiro atoms. The van der Waals surface area contributed by atoms with E-state index in [1.165, 1.54) is 5.56 Å². The lowest BCUT2D eigenvalue weighted by atomic mass is 10.1. The van der Waals surface area contributed by atoms with Gasteiger partial charge in [-0.05, 0) is 30.2 Å². The molecule has 0 saturated heterocycles. The largest absolute Gasteiger partial charge is 0.495 e. The molecular formula is C25H25N7O. The molecule has 3 heterocycles. The normalized spacial score (nSPS) is 11.1. The fourth-order valence-electron chi connectivity index (χ4n) is 3.92. The molecule has 0 saturated carbocycles. The topological polar surface area (TPSA) is 82.7 Å². The van der Waals surface area contributed by atoms with Crippen molar-refractivity contribution in [2.45, 2.75) is 19.9 Å². The standard InChI is InChI=1S/C25H25N7O/c1-17-14-31(16-27-17)21-10-9-19(11-22(21)33-3)12-23-29-24(26-2)20-13-28-32(25(20)30-23)15-18-7-5-4-6-8-18/h4-11,13-14,16H,12,15H2,1-3H3,(H,26,29,30). The third kappa shape index (κ3) is 4.15. The van der Waals surface area contributed by atoms with Gasteiger partial charge in [0.25, 0.3) is 0 Å². The maximum atomic E-state index is 5.66. The van der Waals surface area contributed by atoms with Crippen molar-refractivity contribution in [1.29, 1.82) is 0 Å². The summed E-state index contributed by atoms with van der Waals surface area (Å²) in [6.07, 6.45) is 6.15. The minimum absolute atomic E-state index is 0.570. The molecule has 0 aliphatic carbocycles. The molecular weight excluding hydrogens is 414 g/mol. The lowest BCUT2D eigenvalue weighted by Crippen LogP contribution is -2.07. The van der Waals surface area contributed by atoms with Gasteiger partial charge in [-0.15, -0.1) is 0 Å². The first kappa shape index (κ1) is 20.7. The molecule has 1 N–H and O–H groups in total. The molecule has 5 rings (SSSR count). The molecule has 33 heavy (non-hydrogen) atoms. The van der Waals surface area contributed by atoms with Crippen molar-refractivity contribution in [1.82, 2.24) is 29.3 Å². The Morgan fingerprint density at radius 1 is 1.03 bits per heavy atom. The minimum Gasteiger partial charge on any atom is -0.495 e. The van der Waals surface area contributed by atoms with Crippen LogP contribution in [0.1, 0.15) is 22.6 Å². The molecule has 0 amide bonds. The minimum atomic E-state index is 0.570. The van der Waals surface area contributed by atoms with E-state index in [0.717, 1.165) is 45.4 Å². The number of nitrogens with one attached hydrogen (secondary N) is 1. The van der Waals surface area contributed by atoms with E-state index in [1.807, 2.05) is 65.9 Å². The van der Waals surface area contributed by atoms with Crippen molar-refractivity contribution < 1.29 is 4.74 Å². The van der Waals surface area contributed by atoms with Gasteiger partial charge in [0.05, 0.1) is 42.9 Å². The number of aryl methyl sites for hydroxylation is 1. The first-order valence-corrected chi connectivity index (χ1v) is 10.8. The van der Waals surface area contributed by atoms with Crippen LogP contribution in [0.25, 0.3) is 16.7 Å². The lowest BCUT2D eigenvalue weighted by Gasteiger charge is -2.12. The molecule has 0 radical (unpaired) electrons. The van der Waals surface area contributed by atoms with Crippen LogP contribution in [0.5, 0.6) is 5.75 Å². The number of hydrogen-bond donors (Lipinski definition) is 1. The number of anilines is 1. The van der Waals surface area contributed by atoms with Gasteiger partial charge in [-0.2, -0.15) is 5.10 Å². The zero-order valence-electron chi connectivity index (χ0n) is 18.9. The predicted octanol–water partition coefficient (Wildman–Crippen LogP) is 4.01. The molecule has 0 fully saturated rings. The van der Waals surface area contributed by atoms with E-state index < -0.39 is 0 Å². The van der Waals surface area contributed by atoms with Crippen molar-refractivity contribution in [3.63, 3.8) is 0 Å². The van der Waals surface area contributed by atoms with E-state index in [2.05, 4.69) is 33.6 Å². The van der Waals surface area contributed by atoms with Crippen LogP contribution in [-0.2, 0) is 13.0 Å². The Labute approximate surface area is 191 Å². The Morgan fingerprint density at radius 2 is 1.88 bits per heavy atom. The van der Waals surface area contributed by atoms with Gasteiger partial charge in [0.15, 0.2) is 5.65 Å². The maximum absolute atomic E-state index is 5.66. The predicted molar refractivity (Wildman–Crippen MR) is 128 cm³/mol. The Hall–Kier alpha value is -4.20. The maximum Gasteiger partial charge on any atom is 0.163 e. The van der Waals surface area contributed by atoms with Crippen molar-refractivity contribution in [3.05, 3.63) is 89.9 Å². The second kappa shape index (κ2) is 8.74. The van der Waals surface area contributed by atoms with E-state index in [4.69, 9.17) is 14.7 Å². The second-order valence-corrected chi connectivity index (χ2v) is 7.87. The zero-order chi connectivity index (χ0) is 22.8. The van der Waals surface area contributed by atoms with Crippen LogP contribution in [0.15, 0.2) is 67.3 Å². The van der Waals surface area contributed by atoms with Crippen molar-refractivity contribution in [2.75, 3.05) is 19.5 Å². The number of fused-ring (bicyclic) bond motifs is 1. The summed E-state index contributed by atoms with van der Waals surface area (Å²) < 4.78 is 9.54. The van der Waals surface area contributed by atoms with Crippen LogP contribution in [0, 0.1) is 6.92 Å². The molecule has 0 aliphatic heterocycles. The number of methoxy groups -OCH3 is 1. The molecule has 0 atom stereocenters. The van der Waals surface area contributed by atoms with Crippen molar-refractivity contribution >= 4 is 16.9 Å². The molecule has 0 aliphatic rings. The monoisotopic (exact) mass is 439 g/mol. The fraction of sp³-hybridized carbons (Fsp3) is 0.200. The van der Waals surface area contributed by atoms with Gasteiger partial charge < -0.3 is 14.6 Å². The second-order valence-electron chi connectivity index (χ2n) is 7.87. The Kier molecular flexibility index (Phi) is 5.48. The summed E-state index contributed by atoms with van der Waals surface area (Å²) in [7, 11) is 3.54. The van der Waals surface area contributed by atoms with E-state index in [9.17, 15) is 0 Å². The van der Waals surface area contributed by atoms with Crippen LogP contribution in [-0.4, -0.2) is 43.5 Å². The Morgan fingerprint density at radius 3 is 2.61 bits per heavy atom. The number of ether oxygens (including phenoxy) is 1. The number of aromatic nitrogens is 6. The fourth-order valence-corrected chi connectivity index (χ4v) is 3.92. The van der Waals surface area contributed by atoms with Gasteiger partial charge in [-0.25, -0.2) is 19.6 Å². The SMILES string of the molecule is CNc1nc(Cc2ccc(-n3cnc(C)c3)c(OC)c2)nc2c1cnn2Cc1ccccc1. The number of hydrogen-bond acceptors (Lipinski definition) is 6. The third-order valence-electron chi connectivity index (χ3n) is 5.55. The Balaban J connectivity index is 1.49. The molecule has 166 valence electrons. The van der Waals surface area contributed by atoms with Gasteiger partial charge in [0.1, 0.15) is 17.4 Å². The van der Waals surface area contributed by atoms with Crippen molar-refractivity contribution in [3.8, 4) is 11.4 Å². The summed E-state index contributed by atoms with van der Waals surface area (Å²) in [5.41, 5.74) is 4.93. The third-order valence-corrected chi connectivity index (χ3v) is 5.55. The quantitative estimate of drug-likeness (QED) is 0.413. The highest BCUT2D eigenvalue weighted by atomic mass is 16.5. The summed E-state index contributed by atoms with van der Waals surface area (Å²) in [5.74, 6) is 2.26. The summed E-state index contributed by atoms with van der Waals surface area (Å²) in [4.78, 5) is 13.9. The molecule has 0 unspecified atom stereocenters. The van der Waals surface area contributed by atoms with E-state index >= 15 is 0 Å². The highest BCUT2D eigenvalue weighted by Crippen LogP contribution is 2.27. The molecule has 5 aromatic rings. The van der Waals surface area contributed by atoms with Crippen LogP contribution in [0.3, 0.4) is 0 Å². The van der Waals surface area contributed by atoms with Crippen LogP contribution < -0.4 is 10.1 Å². The number of benzene rings is 2. The van der Waals surface area contributed by atoms with Gasteiger partial charge in [-0.1, -0.05) is 36.4 Å². The molecule has 8 nitrogen and oxygen atoms in total. The van der Waals surface area contributed by atoms with Gasteiger partial charge >= 0.3 is 0 Å². The summed E-state index contributed by atoms with van der Waals surface area (Å²) in [6, 6.07) is 16.4. The van der Waals surface area contributed by atoms with Crippen LogP contribution >= 0.6 is 0 Å². The zero-order valence-corrected chi connectivity index (χ0v) is 18.9. The number of rotatable bonds is 7. The molecule has 2 aromatic carbocycles. The lowest BCUT2D eigenvalue weighted by molar-refractivity contribution is 0.412. The van der Waals surface area contributed by atoms with Gasteiger partial charge in [0, 0.05) is 19.7 Å². The smallest absolute Gasteiger partial charge is 0.163 e. The molecule has 3 aromatic heterocycles.